The smallest absolute Gasteiger partial charge is 0.130 e. The van der Waals surface area contributed by atoms with Crippen LogP contribution in [0.3, 0.4) is 0 Å². The molecule has 0 radical (unpaired) electrons. The number of rotatable bonds is 8. The van der Waals surface area contributed by atoms with Crippen LogP contribution in [0.15, 0.2) is 30.3 Å². The molecule has 0 bridgehead atoms. The van der Waals surface area contributed by atoms with Crippen LogP contribution >= 0.6 is 0 Å². The van der Waals surface area contributed by atoms with Gasteiger partial charge in [0.05, 0.1) is 13.2 Å². The van der Waals surface area contributed by atoms with Crippen LogP contribution in [0.1, 0.15) is 45.1 Å². The van der Waals surface area contributed by atoms with Gasteiger partial charge in [0, 0.05) is 5.39 Å². The number of unbranched alkanes of at least 4 members (excludes halogenated alkanes) is 2. The second kappa shape index (κ2) is 7.92. The molecule has 0 amide bonds. The van der Waals surface area contributed by atoms with E-state index in [0.717, 1.165) is 50.4 Å². The van der Waals surface area contributed by atoms with Crippen LogP contribution in [-0.2, 0) is 0 Å². The highest BCUT2D eigenvalue weighted by atomic mass is 16.5. The molecule has 21 heavy (non-hydrogen) atoms. The largest absolute Gasteiger partial charge is 0.494 e. The van der Waals surface area contributed by atoms with E-state index in [1.165, 1.54) is 16.3 Å². The van der Waals surface area contributed by atoms with Crippen molar-refractivity contribution in [2.45, 2.75) is 46.5 Å². The highest BCUT2D eigenvalue weighted by molar-refractivity contribution is 5.90. The van der Waals surface area contributed by atoms with E-state index in [4.69, 9.17) is 9.47 Å². The van der Waals surface area contributed by atoms with Gasteiger partial charge in [0.1, 0.15) is 11.5 Å². The Morgan fingerprint density at radius 3 is 2.29 bits per heavy atom. The van der Waals surface area contributed by atoms with E-state index in [9.17, 15) is 0 Å². The summed E-state index contributed by atoms with van der Waals surface area (Å²) in [6.45, 7) is 8.02. The maximum absolute atomic E-state index is 5.99. The fourth-order valence-electron chi connectivity index (χ4n) is 2.32. The Labute approximate surface area is 128 Å². The van der Waals surface area contributed by atoms with Crippen LogP contribution in [0.2, 0.25) is 0 Å². The number of hydrogen-bond donors (Lipinski definition) is 0. The topological polar surface area (TPSA) is 18.5 Å². The zero-order chi connectivity index (χ0) is 15.1. The molecular weight excluding hydrogens is 260 g/mol. The molecule has 0 unspecified atom stereocenters. The first-order valence-corrected chi connectivity index (χ1v) is 8.05. The summed E-state index contributed by atoms with van der Waals surface area (Å²) in [4.78, 5) is 0. The van der Waals surface area contributed by atoms with E-state index < -0.39 is 0 Å². The quantitative estimate of drug-likeness (QED) is 0.596. The highest BCUT2D eigenvalue weighted by Crippen LogP contribution is 2.32. The van der Waals surface area contributed by atoms with Gasteiger partial charge in [0.15, 0.2) is 0 Å². The molecule has 0 fully saturated rings. The van der Waals surface area contributed by atoms with Crippen molar-refractivity contribution in [3.05, 3.63) is 35.9 Å². The molecule has 0 heterocycles. The van der Waals surface area contributed by atoms with Crippen molar-refractivity contribution < 1.29 is 9.47 Å². The molecule has 2 heteroatoms. The number of ether oxygens (including phenoxy) is 2. The maximum atomic E-state index is 5.99. The summed E-state index contributed by atoms with van der Waals surface area (Å²) in [5, 5.41) is 2.36. The number of fused-ring (bicyclic) bond motifs is 1. The molecule has 0 saturated carbocycles. The summed E-state index contributed by atoms with van der Waals surface area (Å²) in [6.07, 6.45) is 4.49. The normalized spacial score (nSPS) is 10.8. The fourth-order valence-corrected chi connectivity index (χ4v) is 2.32. The fraction of sp³-hybridized carbons (Fsp3) is 0.474. The third-order valence-corrected chi connectivity index (χ3v) is 3.65. The summed E-state index contributed by atoms with van der Waals surface area (Å²) in [7, 11) is 0. The van der Waals surface area contributed by atoms with Gasteiger partial charge in [-0.05, 0) is 48.9 Å². The zero-order valence-electron chi connectivity index (χ0n) is 13.4. The van der Waals surface area contributed by atoms with E-state index in [2.05, 4.69) is 45.0 Å². The lowest BCUT2D eigenvalue weighted by molar-refractivity contribution is 0.308. The van der Waals surface area contributed by atoms with Gasteiger partial charge in [0.25, 0.3) is 0 Å². The third-order valence-electron chi connectivity index (χ3n) is 3.65. The molecule has 0 aliphatic rings. The molecule has 2 rings (SSSR count). The van der Waals surface area contributed by atoms with E-state index >= 15 is 0 Å². The lowest BCUT2D eigenvalue weighted by Crippen LogP contribution is -1.99. The van der Waals surface area contributed by atoms with E-state index in [-0.39, 0.29) is 0 Å². The van der Waals surface area contributed by atoms with Gasteiger partial charge < -0.3 is 9.47 Å². The molecule has 2 aromatic carbocycles. The molecule has 0 atom stereocenters. The molecule has 0 aromatic heterocycles. The molecule has 0 aliphatic heterocycles. The molecule has 0 aliphatic carbocycles. The van der Waals surface area contributed by atoms with Gasteiger partial charge in [-0.25, -0.2) is 0 Å². The van der Waals surface area contributed by atoms with Crippen LogP contribution in [0.25, 0.3) is 10.8 Å². The second-order valence-corrected chi connectivity index (χ2v) is 5.50. The van der Waals surface area contributed by atoms with E-state index in [1.807, 2.05) is 6.07 Å². The van der Waals surface area contributed by atoms with Crippen molar-refractivity contribution in [3.8, 4) is 11.5 Å². The molecule has 2 nitrogen and oxygen atoms in total. The number of hydrogen-bond acceptors (Lipinski definition) is 2. The van der Waals surface area contributed by atoms with Crippen molar-refractivity contribution in [2.75, 3.05) is 13.2 Å². The number of benzene rings is 2. The summed E-state index contributed by atoms with van der Waals surface area (Å²) in [5.41, 5.74) is 1.19. The molecule has 0 N–H and O–H groups in total. The van der Waals surface area contributed by atoms with Gasteiger partial charge >= 0.3 is 0 Å². The molecular formula is C19H26O2. The molecule has 0 spiro atoms. The Kier molecular flexibility index (Phi) is 5.91. The average Bonchev–Trinajstić information content (AvgIpc) is 2.50. The van der Waals surface area contributed by atoms with Crippen molar-refractivity contribution in [2.24, 2.45) is 0 Å². The predicted molar refractivity (Wildman–Crippen MR) is 89.5 cm³/mol. The van der Waals surface area contributed by atoms with Crippen LogP contribution in [0, 0.1) is 6.92 Å². The Hall–Kier alpha value is -1.70. The first-order chi connectivity index (χ1) is 10.3. The summed E-state index contributed by atoms with van der Waals surface area (Å²) in [6, 6.07) is 10.5. The van der Waals surface area contributed by atoms with Crippen molar-refractivity contribution in [3.63, 3.8) is 0 Å². The Balaban J connectivity index is 2.21. The summed E-state index contributed by atoms with van der Waals surface area (Å²) >= 11 is 0. The lowest BCUT2D eigenvalue weighted by Gasteiger charge is -2.13. The first kappa shape index (κ1) is 15.7. The van der Waals surface area contributed by atoms with Gasteiger partial charge in [0.2, 0.25) is 0 Å². The highest BCUT2D eigenvalue weighted by Gasteiger charge is 2.07. The molecule has 114 valence electrons. The Bertz CT molecular complexity index is 575. The predicted octanol–water partition coefficient (Wildman–Crippen LogP) is 5.51. The van der Waals surface area contributed by atoms with Crippen molar-refractivity contribution in [1.82, 2.24) is 0 Å². The minimum Gasteiger partial charge on any atom is -0.494 e. The average molecular weight is 286 g/mol. The maximum Gasteiger partial charge on any atom is 0.130 e. The van der Waals surface area contributed by atoms with Gasteiger partial charge in [-0.15, -0.1) is 0 Å². The van der Waals surface area contributed by atoms with Crippen LogP contribution in [0.5, 0.6) is 11.5 Å². The minimum atomic E-state index is 0.783. The lowest BCUT2D eigenvalue weighted by atomic mass is 10.1. The zero-order valence-corrected chi connectivity index (χ0v) is 13.4. The van der Waals surface area contributed by atoms with Crippen LogP contribution < -0.4 is 9.47 Å². The van der Waals surface area contributed by atoms with Gasteiger partial charge in [-0.3, -0.25) is 0 Å². The number of aryl methyl sites for hydroxylation is 1. The Morgan fingerprint density at radius 1 is 0.857 bits per heavy atom. The molecule has 0 saturated heterocycles. The summed E-state index contributed by atoms with van der Waals surface area (Å²) in [5.74, 6) is 1.96. The summed E-state index contributed by atoms with van der Waals surface area (Å²) < 4.78 is 11.8. The standard InChI is InChI=1S/C19H26O2/c1-4-6-12-20-17-10-11-18-16(14-17)9-8-15(3)19(18)21-13-7-5-2/h8-11,14H,4-7,12-13H2,1-3H3. The third kappa shape index (κ3) is 4.13. The first-order valence-electron chi connectivity index (χ1n) is 8.05. The van der Waals surface area contributed by atoms with Gasteiger partial charge in [-0.1, -0.05) is 38.8 Å². The minimum absolute atomic E-state index is 0.783. The van der Waals surface area contributed by atoms with Crippen molar-refractivity contribution in [1.29, 1.82) is 0 Å². The van der Waals surface area contributed by atoms with Crippen molar-refractivity contribution >= 4 is 10.8 Å². The van der Waals surface area contributed by atoms with Crippen LogP contribution in [-0.4, -0.2) is 13.2 Å². The van der Waals surface area contributed by atoms with Crippen LogP contribution in [0.4, 0.5) is 0 Å². The van der Waals surface area contributed by atoms with E-state index in [0.29, 0.717) is 0 Å². The SMILES string of the molecule is CCCCOc1ccc2c(OCCCC)c(C)ccc2c1. The monoisotopic (exact) mass is 286 g/mol. The second-order valence-electron chi connectivity index (χ2n) is 5.50. The van der Waals surface area contributed by atoms with Gasteiger partial charge in [-0.2, -0.15) is 0 Å². The van der Waals surface area contributed by atoms with E-state index in [1.54, 1.807) is 0 Å². The Morgan fingerprint density at radius 2 is 1.57 bits per heavy atom. The molecule has 2 aromatic rings.